The average Bonchev–Trinajstić information content (AvgIpc) is 3.19. The highest BCUT2D eigenvalue weighted by molar-refractivity contribution is 9.10. The first-order valence-electron chi connectivity index (χ1n) is 12.5. The van der Waals surface area contributed by atoms with Crippen molar-refractivity contribution in [3.63, 3.8) is 0 Å². The van der Waals surface area contributed by atoms with Gasteiger partial charge in [0.1, 0.15) is 6.54 Å². The van der Waals surface area contributed by atoms with Gasteiger partial charge in [-0.15, -0.1) is 0 Å². The van der Waals surface area contributed by atoms with Crippen LogP contribution in [0.2, 0.25) is 0 Å². The van der Waals surface area contributed by atoms with E-state index in [-0.39, 0.29) is 17.4 Å². The number of hydrogen-bond donors (Lipinski definition) is 2. The molecule has 212 valence electrons. The number of ether oxygens (including phenoxy) is 2. The molecule has 0 spiro atoms. The highest BCUT2D eigenvalue weighted by Crippen LogP contribution is 2.35. The fourth-order valence-corrected chi connectivity index (χ4v) is 5.33. The number of carbonyl (C=O) groups excluding carboxylic acids is 4. The maximum atomic E-state index is 12.9. The van der Waals surface area contributed by atoms with E-state index in [2.05, 4.69) is 26.6 Å². The van der Waals surface area contributed by atoms with Gasteiger partial charge < -0.3 is 20.1 Å². The molecule has 0 saturated carbocycles. The van der Waals surface area contributed by atoms with Crippen molar-refractivity contribution in [2.24, 2.45) is 0 Å². The van der Waals surface area contributed by atoms with Crippen LogP contribution in [0, 0.1) is 20.8 Å². The molecule has 1 saturated heterocycles. The molecule has 0 aliphatic carbocycles. The van der Waals surface area contributed by atoms with E-state index >= 15 is 0 Å². The maximum Gasteiger partial charge on any atom is 0.294 e. The Morgan fingerprint density at radius 1 is 0.902 bits per heavy atom. The van der Waals surface area contributed by atoms with Gasteiger partial charge >= 0.3 is 0 Å². The van der Waals surface area contributed by atoms with Crippen molar-refractivity contribution < 1.29 is 28.7 Å². The fraction of sp³-hybridized carbons (Fsp3) is 0.200. The number of para-hydroxylation sites is 1. The van der Waals surface area contributed by atoms with Gasteiger partial charge in [0.15, 0.2) is 18.1 Å². The molecule has 0 radical (unpaired) electrons. The largest absolute Gasteiger partial charge is 0.493 e. The van der Waals surface area contributed by atoms with Crippen molar-refractivity contribution in [2.45, 2.75) is 20.8 Å². The molecule has 4 rings (SSSR count). The lowest BCUT2D eigenvalue weighted by Crippen LogP contribution is -2.36. The lowest BCUT2D eigenvalue weighted by Gasteiger charge is -2.14. The van der Waals surface area contributed by atoms with E-state index < -0.39 is 23.6 Å². The molecule has 4 amide bonds. The van der Waals surface area contributed by atoms with E-state index in [4.69, 9.17) is 9.47 Å². The summed E-state index contributed by atoms with van der Waals surface area (Å²) < 4.78 is 11.9. The second kappa shape index (κ2) is 13.0. The molecule has 9 nitrogen and oxygen atoms in total. The topological polar surface area (TPSA) is 114 Å². The third kappa shape index (κ3) is 7.36. The Balaban J connectivity index is 1.39. The summed E-state index contributed by atoms with van der Waals surface area (Å²) in [6.45, 7) is 5.15. The molecule has 1 aliphatic rings. The molecule has 0 atom stereocenters. The third-order valence-electron chi connectivity index (χ3n) is 6.30. The molecule has 1 heterocycles. The average molecular weight is 639 g/mol. The number of imide groups is 1. The minimum Gasteiger partial charge on any atom is -0.493 e. The smallest absolute Gasteiger partial charge is 0.294 e. The first kappa shape index (κ1) is 29.9. The van der Waals surface area contributed by atoms with Crippen molar-refractivity contribution in [3.05, 3.63) is 86.2 Å². The highest BCUT2D eigenvalue weighted by Gasteiger charge is 2.36. The number of nitrogens with zero attached hydrogens (tertiary/aromatic N) is 1. The second-order valence-electron chi connectivity index (χ2n) is 9.29. The summed E-state index contributed by atoms with van der Waals surface area (Å²) in [5.41, 5.74) is 4.85. The van der Waals surface area contributed by atoms with Crippen LogP contribution >= 0.6 is 27.7 Å². The van der Waals surface area contributed by atoms with Gasteiger partial charge in [-0.2, -0.15) is 0 Å². The van der Waals surface area contributed by atoms with Crippen LogP contribution in [-0.4, -0.2) is 48.1 Å². The van der Waals surface area contributed by atoms with E-state index in [1.54, 1.807) is 36.4 Å². The van der Waals surface area contributed by atoms with Crippen molar-refractivity contribution in [1.82, 2.24) is 4.90 Å². The van der Waals surface area contributed by atoms with Crippen molar-refractivity contribution in [3.8, 4) is 11.5 Å². The number of nitrogens with one attached hydrogen (secondary N) is 2. The number of amides is 4. The molecular formula is C30H28BrN3O6S. The van der Waals surface area contributed by atoms with E-state index in [0.717, 1.165) is 37.8 Å². The third-order valence-corrected chi connectivity index (χ3v) is 7.86. The van der Waals surface area contributed by atoms with Gasteiger partial charge in [-0.05, 0) is 107 Å². The number of rotatable bonds is 9. The summed E-state index contributed by atoms with van der Waals surface area (Å²) in [4.78, 5) is 51.5. The summed E-state index contributed by atoms with van der Waals surface area (Å²) in [5.74, 6) is -0.704. The highest BCUT2D eigenvalue weighted by atomic mass is 79.9. The van der Waals surface area contributed by atoms with Gasteiger partial charge in [-0.25, -0.2) is 0 Å². The van der Waals surface area contributed by atoms with Crippen LogP contribution < -0.4 is 20.1 Å². The minimum atomic E-state index is -0.562. The second-order valence-corrected chi connectivity index (χ2v) is 11.1. The zero-order valence-corrected chi connectivity index (χ0v) is 25.3. The number of methoxy groups -OCH3 is 1. The van der Waals surface area contributed by atoms with Crippen LogP contribution in [0.4, 0.5) is 16.2 Å². The van der Waals surface area contributed by atoms with Crippen LogP contribution in [0.1, 0.15) is 22.3 Å². The standard InChI is InChI=1S/C30H28BrN3O6S/c1-17-7-5-6-8-22(17)32-27(35)15-34-29(37)26(41-30(34)38)14-20-9-10-24(25(13-20)39-4)40-16-28(36)33-23-12-19(3)18(2)11-21(23)31/h5-14H,15-16H2,1-4H3,(H,32,35)(H,33,36)/b26-14+. The predicted molar refractivity (Wildman–Crippen MR) is 163 cm³/mol. The lowest BCUT2D eigenvalue weighted by atomic mass is 10.1. The SMILES string of the molecule is COc1cc(/C=C2/SC(=O)N(CC(=O)Nc3ccccc3C)C2=O)ccc1OCC(=O)Nc1cc(C)c(C)cc1Br. The monoisotopic (exact) mass is 637 g/mol. The van der Waals surface area contributed by atoms with Crippen molar-refractivity contribution in [1.29, 1.82) is 0 Å². The Hall–Kier alpha value is -4.09. The van der Waals surface area contributed by atoms with Gasteiger partial charge in [0.25, 0.3) is 17.1 Å². The Bertz CT molecular complexity index is 1570. The summed E-state index contributed by atoms with van der Waals surface area (Å²) in [7, 11) is 1.46. The number of thioether (sulfide) groups is 1. The van der Waals surface area contributed by atoms with E-state index in [9.17, 15) is 19.2 Å². The summed E-state index contributed by atoms with van der Waals surface area (Å²) in [6, 6.07) is 16.0. The molecule has 3 aromatic carbocycles. The summed E-state index contributed by atoms with van der Waals surface area (Å²) >= 11 is 4.21. The van der Waals surface area contributed by atoms with Gasteiger partial charge in [0, 0.05) is 10.2 Å². The predicted octanol–water partition coefficient (Wildman–Crippen LogP) is 6.08. The maximum absolute atomic E-state index is 12.9. The van der Waals surface area contributed by atoms with Gasteiger partial charge in [-0.3, -0.25) is 24.1 Å². The summed E-state index contributed by atoms with van der Waals surface area (Å²) in [5, 5.41) is 5.02. The molecule has 1 fully saturated rings. The normalized spacial score (nSPS) is 13.9. The number of carbonyl (C=O) groups is 4. The van der Waals surface area contributed by atoms with E-state index in [1.807, 2.05) is 45.0 Å². The minimum absolute atomic E-state index is 0.174. The Morgan fingerprint density at radius 3 is 2.34 bits per heavy atom. The molecule has 2 N–H and O–H groups in total. The van der Waals surface area contributed by atoms with E-state index in [0.29, 0.717) is 28.4 Å². The molecule has 0 aromatic heterocycles. The first-order chi connectivity index (χ1) is 19.5. The van der Waals surface area contributed by atoms with Crippen LogP contribution in [-0.2, 0) is 14.4 Å². The molecule has 0 bridgehead atoms. The number of hydrogen-bond acceptors (Lipinski definition) is 7. The molecule has 0 unspecified atom stereocenters. The molecule has 41 heavy (non-hydrogen) atoms. The number of anilines is 2. The van der Waals surface area contributed by atoms with Gasteiger partial charge in [0.2, 0.25) is 5.91 Å². The van der Waals surface area contributed by atoms with Crippen LogP contribution in [0.25, 0.3) is 6.08 Å². The van der Waals surface area contributed by atoms with Crippen LogP contribution in [0.15, 0.2) is 64.0 Å². The van der Waals surface area contributed by atoms with E-state index in [1.165, 1.54) is 7.11 Å². The van der Waals surface area contributed by atoms with Gasteiger partial charge in [-0.1, -0.05) is 24.3 Å². The molecular weight excluding hydrogens is 610 g/mol. The molecule has 11 heteroatoms. The van der Waals surface area contributed by atoms with Gasteiger partial charge in [0.05, 0.1) is 17.7 Å². The zero-order valence-electron chi connectivity index (χ0n) is 22.9. The Kier molecular flexibility index (Phi) is 9.51. The zero-order chi connectivity index (χ0) is 29.7. The number of aryl methyl sites for hydroxylation is 3. The Morgan fingerprint density at radius 2 is 1.61 bits per heavy atom. The summed E-state index contributed by atoms with van der Waals surface area (Å²) in [6.07, 6.45) is 1.54. The Labute approximate surface area is 250 Å². The van der Waals surface area contributed by atoms with Crippen molar-refractivity contribution >= 4 is 68.1 Å². The van der Waals surface area contributed by atoms with Crippen LogP contribution in [0.5, 0.6) is 11.5 Å². The molecule has 1 aliphatic heterocycles. The fourth-order valence-electron chi connectivity index (χ4n) is 3.93. The number of benzene rings is 3. The van der Waals surface area contributed by atoms with Crippen LogP contribution in [0.3, 0.4) is 0 Å². The number of halogens is 1. The first-order valence-corrected chi connectivity index (χ1v) is 14.1. The quantitative estimate of drug-likeness (QED) is 0.274. The molecule has 3 aromatic rings. The lowest BCUT2D eigenvalue weighted by molar-refractivity contribution is -0.127. The van der Waals surface area contributed by atoms with Crippen molar-refractivity contribution in [2.75, 3.05) is 30.9 Å².